The van der Waals surface area contributed by atoms with Crippen molar-refractivity contribution in [2.24, 2.45) is 10.7 Å². The third-order valence-electron chi connectivity index (χ3n) is 2.23. The molecule has 0 atom stereocenters. The Labute approximate surface area is 89.7 Å². The summed E-state index contributed by atoms with van der Waals surface area (Å²) in [6.45, 7) is 1.94. The predicted octanol–water partition coefficient (Wildman–Crippen LogP) is 1.35. The van der Waals surface area contributed by atoms with Gasteiger partial charge in [-0.05, 0) is 18.6 Å². The van der Waals surface area contributed by atoms with E-state index in [1.54, 1.807) is 27.3 Å². The molecule has 0 heterocycles. The van der Waals surface area contributed by atoms with Crippen LogP contribution in [0.1, 0.15) is 11.1 Å². The topological polar surface area (TPSA) is 56.8 Å². The smallest absolute Gasteiger partial charge is 0.133 e. The summed E-state index contributed by atoms with van der Waals surface area (Å²) in [5.74, 6) is 1.89. The summed E-state index contributed by atoms with van der Waals surface area (Å²) in [7, 11) is 4.87. The molecule has 0 saturated carbocycles. The predicted molar refractivity (Wildman–Crippen MR) is 60.9 cm³/mol. The van der Waals surface area contributed by atoms with Gasteiger partial charge in [0.1, 0.15) is 17.3 Å². The molecule has 15 heavy (non-hydrogen) atoms. The van der Waals surface area contributed by atoms with Crippen molar-refractivity contribution in [3.05, 3.63) is 23.3 Å². The molecule has 1 aromatic carbocycles. The van der Waals surface area contributed by atoms with Crippen molar-refractivity contribution < 1.29 is 9.47 Å². The second-order valence-corrected chi connectivity index (χ2v) is 3.13. The number of hydrogen-bond acceptors (Lipinski definition) is 3. The van der Waals surface area contributed by atoms with Crippen molar-refractivity contribution in [2.75, 3.05) is 21.3 Å². The largest absolute Gasteiger partial charge is 0.497 e. The van der Waals surface area contributed by atoms with Crippen LogP contribution in [0.5, 0.6) is 11.5 Å². The number of rotatable bonds is 3. The van der Waals surface area contributed by atoms with E-state index in [-0.39, 0.29) is 0 Å². The molecule has 4 heteroatoms. The van der Waals surface area contributed by atoms with Crippen LogP contribution >= 0.6 is 0 Å². The highest BCUT2D eigenvalue weighted by Gasteiger charge is 2.12. The summed E-state index contributed by atoms with van der Waals surface area (Å²) in [5, 5.41) is 0. The maximum atomic E-state index is 5.79. The van der Waals surface area contributed by atoms with Crippen molar-refractivity contribution in [3.63, 3.8) is 0 Å². The molecule has 82 valence electrons. The summed E-state index contributed by atoms with van der Waals surface area (Å²) < 4.78 is 10.4. The Bertz CT molecular complexity index is 386. The van der Waals surface area contributed by atoms with Crippen LogP contribution in [0.25, 0.3) is 0 Å². The van der Waals surface area contributed by atoms with Gasteiger partial charge in [-0.15, -0.1) is 0 Å². The first kappa shape index (κ1) is 11.4. The second kappa shape index (κ2) is 4.68. The molecule has 0 saturated heterocycles. The molecule has 0 fully saturated rings. The number of aryl methyl sites for hydroxylation is 1. The molecule has 1 aromatic rings. The summed E-state index contributed by atoms with van der Waals surface area (Å²) in [4.78, 5) is 3.96. The average Bonchev–Trinajstić information content (AvgIpc) is 2.26. The van der Waals surface area contributed by atoms with Crippen LogP contribution < -0.4 is 15.2 Å². The molecular weight excluding hydrogens is 192 g/mol. The van der Waals surface area contributed by atoms with E-state index in [0.717, 1.165) is 16.9 Å². The third kappa shape index (κ3) is 2.21. The zero-order valence-corrected chi connectivity index (χ0v) is 9.50. The molecule has 2 N–H and O–H groups in total. The van der Waals surface area contributed by atoms with Gasteiger partial charge in [0.2, 0.25) is 0 Å². The standard InChI is InChI=1S/C11H16N2O2/c1-7-5-8(14-3)6-9(15-4)10(7)11(12)13-2/h5-6H,1-4H3,(H2,12,13). The van der Waals surface area contributed by atoms with E-state index < -0.39 is 0 Å². The first-order valence-corrected chi connectivity index (χ1v) is 4.59. The fourth-order valence-corrected chi connectivity index (χ4v) is 1.44. The van der Waals surface area contributed by atoms with Crippen LogP contribution in [-0.2, 0) is 0 Å². The fourth-order valence-electron chi connectivity index (χ4n) is 1.44. The highest BCUT2D eigenvalue weighted by atomic mass is 16.5. The number of benzene rings is 1. The normalized spacial score (nSPS) is 11.3. The summed E-state index contributed by atoms with van der Waals surface area (Å²) in [6, 6.07) is 3.69. The lowest BCUT2D eigenvalue weighted by Crippen LogP contribution is -2.16. The Balaban J connectivity index is 3.37. The van der Waals surface area contributed by atoms with Gasteiger partial charge in [0.25, 0.3) is 0 Å². The number of amidine groups is 1. The lowest BCUT2D eigenvalue weighted by Gasteiger charge is -2.12. The van der Waals surface area contributed by atoms with E-state index in [9.17, 15) is 0 Å². The number of ether oxygens (including phenoxy) is 2. The molecule has 0 aliphatic carbocycles. The molecule has 0 radical (unpaired) electrons. The molecule has 0 bridgehead atoms. The number of methoxy groups -OCH3 is 2. The quantitative estimate of drug-likeness (QED) is 0.602. The molecule has 0 spiro atoms. The minimum Gasteiger partial charge on any atom is -0.497 e. The van der Waals surface area contributed by atoms with Crippen LogP contribution in [0.2, 0.25) is 0 Å². The molecule has 0 aromatic heterocycles. The lowest BCUT2D eigenvalue weighted by molar-refractivity contribution is 0.393. The molecule has 0 aliphatic heterocycles. The molecule has 0 amide bonds. The van der Waals surface area contributed by atoms with Gasteiger partial charge >= 0.3 is 0 Å². The molecular formula is C11H16N2O2. The highest BCUT2D eigenvalue weighted by Crippen LogP contribution is 2.27. The molecule has 4 nitrogen and oxygen atoms in total. The second-order valence-electron chi connectivity index (χ2n) is 3.13. The van der Waals surface area contributed by atoms with E-state index >= 15 is 0 Å². The minimum atomic E-state index is 0.465. The lowest BCUT2D eigenvalue weighted by atomic mass is 10.1. The zero-order valence-electron chi connectivity index (χ0n) is 9.50. The Morgan fingerprint density at radius 3 is 2.40 bits per heavy atom. The first-order valence-electron chi connectivity index (χ1n) is 4.59. The van der Waals surface area contributed by atoms with Crippen molar-refractivity contribution in [2.45, 2.75) is 6.92 Å². The number of hydrogen-bond donors (Lipinski definition) is 1. The van der Waals surface area contributed by atoms with E-state index in [4.69, 9.17) is 15.2 Å². The van der Waals surface area contributed by atoms with Gasteiger partial charge in [0.15, 0.2) is 0 Å². The van der Waals surface area contributed by atoms with Gasteiger partial charge in [-0.1, -0.05) is 0 Å². The molecule has 1 rings (SSSR count). The van der Waals surface area contributed by atoms with E-state index in [2.05, 4.69) is 4.99 Å². The van der Waals surface area contributed by atoms with Gasteiger partial charge in [-0.25, -0.2) is 0 Å². The number of nitrogens with zero attached hydrogens (tertiary/aromatic N) is 1. The van der Waals surface area contributed by atoms with E-state index in [1.807, 2.05) is 13.0 Å². The van der Waals surface area contributed by atoms with Gasteiger partial charge in [-0.2, -0.15) is 0 Å². The van der Waals surface area contributed by atoms with Crippen LogP contribution in [0, 0.1) is 6.92 Å². The number of aliphatic imine (C=N–C) groups is 1. The van der Waals surface area contributed by atoms with Crippen molar-refractivity contribution in [1.82, 2.24) is 0 Å². The Kier molecular flexibility index (Phi) is 3.55. The van der Waals surface area contributed by atoms with E-state index in [0.29, 0.717) is 11.6 Å². The Hall–Kier alpha value is -1.71. The molecule has 0 aliphatic rings. The highest BCUT2D eigenvalue weighted by molar-refractivity contribution is 6.01. The summed E-state index contributed by atoms with van der Waals surface area (Å²) in [6.07, 6.45) is 0. The number of nitrogens with two attached hydrogens (primary N) is 1. The van der Waals surface area contributed by atoms with Gasteiger partial charge in [-0.3, -0.25) is 4.99 Å². The van der Waals surface area contributed by atoms with Crippen molar-refractivity contribution >= 4 is 5.84 Å². The van der Waals surface area contributed by atoms with Crippen LogP contribution in [0.4, 0.5) is 0 Å². The maximum absolute atomic E-state index is 5.79. The zero-order chi connectivity index (χ0) is 11.4. The van der Waals surface area contributed by atoms with Crippen molar-refractivity contribution in [1.29, 1.82) is 0 Å². The molecule has 0 unspecified atom stereocenters. The first-order chi connectivity index (χ1) is 7.13. The van der Waals surface area contributed by atoms with Crippen LogP contribution in [0.15, 0.2) is 17.1 Å². The third-order valence-corrected chi connectivity index (χ3v) is 2.23. The Morgan fingerprint density at radius 1 is 1.27 bits per heavy atom. The maximum Gasteiger partial charge on any atom is 0.133 e. The Morgan fingerprint density at radius 2 is 1.93 bits per heavy atom. The average molecular weight is 208 g/mol. The van der Waals surface area contributed by atoms with Gasteiger partial charge in [0, 0.05) is 13.1 Å². The SMILES string of the molecule is CN=C(N)c1c(C)cc(OC)cc1OC. The van der Waals surface area contributed by atoms with Gasteiger partial charge < -0.3 is 15.2 Å². The summed E-state index contributed by atoms with van der Waals surface area (Å²) in [5.41, 5.74) is 7.59. The fraction of sp³-hybridized carbons (Fsp3) is 0.364. The van der Waals surface area contributed by atoms with Crippen LogP contribution in [0.3, 0.4) is 0 Å². The van der Waals surface area contributed by atoms with E-state index in [1.165, 1.54) is 0 Å². The monoisotopic (exact) mass is 208 g/mol. The summed E-state index contributed by atoms with van der Waals surface area (Å²) >= 11 is 0. The van der Waals surface area contributed by atoms with Crippen molar-refractivity contribution in [3.8, 4) is 11.5 Å². The van der Waals surface area contributed by atoms with Crippen LogP contribution in [-0.4, -0.2) is 27.1 Å². The van der Waals surface area contributed by atoms with Gasteiger partial charge in [0.05, 0.1) is 19.8 Å². The minimum absolute atomic E-state index is 0.465.